The molecule has 0 fully saturated rings. The van der Waals surface area contributed by atoms with Gasteiger partial charge in [-0.1, -0.05) is 38.1 Å². The van der Waals surface area contributed by atoms with Gasteiger partial charge in [0.05, 0.1) is 18.0 Å². The number of rotatable bonds is 9. The van der Waals surface area contributed by atoms with E-state index in [0.717, 1.165) is 41.7 Å². The first-order valence-corrected chi connectivity index (χ1v) is 13.5. The van der Waals surface area contributed by atoms with Gasteiger partial charge in [0.1, 0.15) is 11.4 Å². The van der Waals surface area contributed by atoms with Gasteiger partial charge in [-0.15, -0.1) is 0 Å². The molecule has 0 aliphatic carbocycles. The first kappa shape index (κ1) is 25.1. The summed E-state index contributed by atoms with van der Waals surface area (Å²) in [6.45, 7) is 8.38. The van der Waals surface area contributed by atoms with Crippen LogP contribution in [0, 0.1) is 13.8 Å². The number of anilines is 1. The third kappa shape index (κ3) is 6.08. The number of para-hydroxylation sites is 1. The third-order valence-electron chi connectivity index (χ3n) is 6.48. The molecule has 0 bridgehead atoms. The Morgan fingerprint density at radius 1 is 1.12 bits per heavy atom. The van der Waals surface area contributed by atoms with Gasteiger partial charge in [-0.3, -0.25) is 9.10 Å². The number of nitrogens with zero attached hydrogens (tertiary/aromatic N) is 1. The van der Waals surface area contributed by atoms with Crippen LogP contribution < -0.4 is 14.4 Å². The maximum Gasteiger partial charge on any atom is 0.232 e. The molecule has 1 amide bonds. The summed E-state index contributed by atoms with van der Waals surface area (Å²) in [6, 6.07) is 13.5. The number of hydrogen-bond donors (Lipinski definition) is 1. The third-order valence-corrected chi connectivity index (χ3v) is 7.67. The van der Waals surface area contributed by atoms with Crippen molar-refractivity contribution in [3.05, 3.63) is 59.2 Å². The van der Waals surface area contributed by atoms with Crippen molar-refractivity contribution in [2.75, 3.05) is 17.1 Å². The lowest BCUT2D eigenvalue weighted by Gasteiger charge is -2.41. The van der Waals surface area contributed by atoms with Gasteiger partial charge in [0.2, 0.25) is 15.9 Å². The zero-order valence-corrected chi connectivity index (χ0v) is 21.2. The fourth-order valence-electron chi connectivity index (χ4n) is 4.66. The van der Waals surface area contributed by atoms with E-state index in [1.165, 1.54) is 10.6 Å². The highest BCUT2D eigenvalue weighted by atomic mass is 32.2. The van der Waals surface area contributed by atoms with E-state index in [4.69, 9.17) is 4.74 Å². The fourth-order valence-corrected chi connectivity index (χ4v) is 5.61. The van der Waals surface area contributed by atoms with Crippen LogP contribution in [0.5, 0.6) is 5.75 Å². The second-order valence-corrected chi connectivity index (χ2v) is 11.0. The molecule has 1 aliphatic rings. The first-order chi connectivity index (χ1) is 15.6. The summed E-state index contributed by atoms with van der Waals surface area (Å²) < 4.78 is 32.6. The van der Waals surface area contributed by atoms with Crippen molar-refractivity contribution < 1.29 is 17.9 Å². The topological polar surface area (TPSA) is 75.7 Å². The average molecular weight is 473 g/mol. The van der Waals surface area contributed by atoms with E-state index in [2.05, 4.69) is 19.2 Å². The van der Waals surface area contributed by atoms with Gasteiger partial charge < -0.3 is 10.1 Å². The fraction of sp³-hybridized carbons (Fsp3) is 0.500. The van der Waals surface area contributed by atoms with E-state index in [1.807, 2.05) is 56.3 Å². The summed E-state index contributed by atoms with van der Waals surface area (Å²) in [7, 11) is -3.45. The SMILES string of the molecule is CCC1(CC)C[C@@H](NC(=O)CCCN(c2cc(C)cc(C)c2)S(C)(=O)=O)c2ccccc2O1. The van der Waals surface area contributed by atoms with Gasteiger partial charge in [0, 0.05) is 24.9 Å². The molecule has 1 N–H and O–H groups in total. The van der Waals surface area contributed by atoms with Crippen molar-refractivity contribution in [3.8, 4) is 5.75 Å². The summed E-state index contributed by atoms with van der Waals surface area (Å²) in [4.78, 5) is 12.9. The van der Waals surface area contributed by atoms with Crippen LogP contribution in [0.25, 0.3) is 0 Å². The normalized spacial score (nSPS) is 17.1. The van der Waals surface area contributed by atoms with Crippen molar-refractivity contribution in [1.82, 2.24) is 5.32 Å². The number of hydrogen-bond acceptors (Lipinski definition) is 4. The van der Waals surface area contributed by atoms with Crippen molar-refractivity contribution in [2.24, 2.45) is 0 Å². The van der Waals surface area contributed by atoms with Gasteiger partial charge in [0.25, 0.3) is 0 Å². The van der Waals surface area contributed by atoms with E-state index in [1.54, 1.807) is 0 Å². The van der Waals surface area contributed by atoms with Crippen LogP contribution >= 0.6 is 0 Å². The summed E-state index contributed by atoms with van der Waals surface area (Å²) >= 11 is 0. The Bertz CT molecular complexity index is 1070. The number of carbonyl (C=O) groups is 1. The second kappa shape index (κ2) is 10.2. The minimum Gasteiger partial charge on any atom is -0.487 e. The Hall–Kier alpha value is -2.54. The molecule has 1 aliphatic heterocycles. The average Bonchev–Trinajstić information content (AvgIpc) is 2.75. The highest BCUT2D eigenvalue weighted by Gasteiger charge is 2.38. The number of sulfonamides is 1. The molecule has 0 spiro atoms. The van der Waals surface area contributed by atoms with Crippen molar-refractivity contribution in [3.63, 3.8) is 0 Å². The number of aryl methyl sites for hydroxylation is 2. The summed E-state index contributed by atoms with van der Waals surface area (Å²) in [6.07, 6.45) is 4.34. The maximum absolute atomic E-state index is 12.9. The van der Waals surface area contributed by atoms with Crippen LogP contribution in [0.15, 0.2) is 42.5 Å². The minimum absolute atomic E-state index is 0.0771. The highest BCUT2D eigenvalue weighted by molar-refractivity contribution is 7.92. The first-order valence-electron chi connectivity index (χ1n) is 11.7. The predicted octanol–water partition coefficient (Wildman–Crippen LogP) is 5.05. The van der Waals surface area contributed by atoms with Crippen LogP contribution in [0.1, 0.15) is 68.7 Å². The molecule has 1 heterocycles. The standard InChI is InChI=1S/C26H36N2O4S/c1-6-26(7-2)18-23(22-11-8-9-12-24(22)32-26)27-25(29)13-10-14-28(33(5,30)31)21-16-19(3)15-20(4)17-21/h8-9,11-12,15-17,23H,6-7,10,13-14,18H2,1-5H3,(H,27,29)/t23-/m1/s1. The van der Waals surface area contributed by atoms with Gasteiger partial charge in [0.15, 0.2) is 0 Å². The molecule has 0 radical (unpaired) electrons. The molecule has 33 heavy (non-hydrogen) atoms. The number of benzene rings is 2. The summed E-state index contributed by atoms with van der Waals surface area (Å²) in [5.41, 5.74) is 3.36. The number of amides is 1. The van der Waals surface area contributed by atoms with E-state index >= 15 is 0 Å². The molecule has 0 unspecified atom stereocenters. The zero-order chi connectivity index (χ0) is 24.2. The van der Waals surface area contributed by atoms with Crippen LogP contribution in [-0.4, -0.2) is 32.7 Å². The molecule has 1 atom stereocenters. The van der Waals surface area contributed by atoms with E-state index < -0.39 is 10.0 Å². The Morgan fingerprint density at radius 2 is 1.76 bits per heavy atom. The Balaban J connectivity index is 1.68. The molecular weight excluding hydrogens is 436 g/mol. The lowest BCUT2D eigenvalue weighted by Crippen LogP contribution is -2.44. The van der Waals surface area contributed by atoms with Crippen LogP contribution in [0.4, 0.5) is 5.69 Å². The molecule has 7 heteroatoms. The van der Waals surface area contributed by atoms with E-state index in [9.17, 15) is 13.2 Å². The molecule has 0 saturated heterocycles. The highest BCUT2D eigenvalue weighted by Crippen LogP contribution is 2.42. The quantitative estimate of drug-likeness (QED) is 0.554. The molecule has 180 valence electrons. The van der Waals surface area contributed by atoms with Crippen LogP contribution in [0.2, 0.25) is 0 Å². The zero-order valence-electron chi connectivity index (χ0n) is 20.3. The molecule has 6 nitrogen and oxygen atoms in total. The molecule has 0 saturated carbocycles. The molecule has 3 rings (SSSR count). The van der Waals surface area contributed by atoms with Crippen molar-refractivity contribution in [2.45, 2.75) is 71.4 Å². The summed E-state index contributed by atoms with van der Waals surface area (Å²) in [5, 5.41) is 3.18. The van der Waals surface area contributed by atoms with E-state index in [-0.39, 0.29) is 30.5 Å². The number of ether oxygens (including phenoxy) is 1. The number of nitrogens with one attached hydrogen (secondary N) is 1. The van der Waals surface area contributed by atoms with Crippen LogP contribution in [0.3, 0.4) is 0 Å². The molecule has 0 aromatic heterocycles. The van der Waals surface area contributed by atoms with Gasteiger partial charge in [-0.2, -0.15) is 0 Å². The van der Waals surface area contributed by atoms with Crippen molar-refractivity contribution >= 4 is 21.6 Å². The molecule has 2 aromatic carbocycles. The number of carbonyl (C=O) groups excluding carboxylic acids is 1. The lowest BCUT2D eigenvalue weighted by molar-refractivity contribution is -0.122. The Labute approximate surface area is 198 Å². The smallest absolute Gasteiger partial charge is 0.232 e. The predicted molar refractivity (Wildman–Crippen MR) is 133 cm³/mol. The van der Waals surface area contributed by atoms with Gasteiger partial charge >= 0.3 is 0 Å². The molecule has 2 aromatic rings. The van der Waals surface area contributed by atoms with Crippen LogP contribution in [-0.2, 0) is 14.8 Å². The maximum atomic E-state index is 12.9. The summed E-state index contributed by atoms with van der Waals surface area (Å²) in [5.74, 6) is 0.752. The minimum atomic E-state index is -3.45. The van der Waals surface area contributed by atoms with Gasteiger partial charge in [-0.25, -0.2) is 8.42 Å². The Kier molecular flexibility index (Phi) is 7.73. The van der Waals surface area contributed by atoms with Crippen molar-refractivity contribution in [1.29, 1.82) is 0 Å². The monoisotopic (exact) mass is 472 g/mol. The lowest BCUT2D eigenvalue weighted by atomic mass is 9.83. The Morgan fingerprint density at radius 3 is 2.36 bits per heavy atom. The second-order valence-electron chi connectivity index (χ2n) is 9.14. The molecular formula is C26H36N2O4S. The number of fused-ring (bicyclic) bond motifs is 1. The van der Waals surface area contributed by atoms with E-state index in [0.29, 0.717) is 12.1 Å². The van der Waals surface area contributed by atoms with Gasteiger partial charge in [-0.05, 0) is 62.4 Å². The largest absolute Gasteiger partial charge is 0.487 e.